The number of rotatable bonds is 4. The van der Waals surface area contributed by atoms with E-state index in [1.165, 1.54) is 17.0 Å². The van der Waals surface area contributed by atoms with Crippen LogP contribution in [0.25, 0.3) is 0 Å². The monoisotopic (exact) mass is 297 g/mol. The number of amides is 2. The molecule has 6 heteroatoms. The predicted molar refractivity (Wildman–Crippen MR) is 78.6 cm³/mol. The Bertz CT molecular complexity index is 576. The second-order valence-corrected chi connectivity index (χ2v) is 6.07. The first-order valence-electron chi connectivity index (χ1n) is 5.93. The van der Waals surface area contributed by atoms with E-state index in [4.69, 9.17) is 11.6 Å². The largest absolute Gasteiger partial charge is 0.350 e. The number of carbonyl (C=O) groups excluding carboxylic acids is 1. The minimum Gasteiger partial charge on any atom is -0.350 e. The molecule has 2 heterocycles. The Hall–Kier alpha value is -1.46. The molecule has 4 nitrogen and oxygen atoms in total. The van der Waals surface area contributed by atoms with Crippen molar-refractivity contribution in [2.75, 3.05) is 0 Å². The molecule has 2 amide bonds. The van der Waals surface area contributed by atoms with Gasteiger partial charge in [-0.3, -0.25) is 0 Å². The maximum absolute atomic E-state index is 11.7. The molecule has 0 aliphatic rings. The normalized spacial score (nSPS) is 10.5. The number of nitrogens with zero attached hydrogens (tertiary/aromatic N) is 1. The Labute approximate surface area is 121 Å². The summed E-state index contributed by atoms with van der Waals surface area (Å²) in [7, 11) is 1.98. The van der Waals surface area contributed by atoms with Gasteiger partial charge in [0.2, 0.25) is 0 Å². The molecule has 0 radical (unpaired) electrons. The molecule has 2 N–H and O–H groups in total. The number of carbonyl (C=O) groups is 1. The highest BCUT2D eigenvalue weighted by Crippen LogP contribution is 2.20. The van der Waals surface area contributed by atoms with Gasteiger partial charge in [0, 0.05) is 23.3 Å². The summed E-state index contributed by atoms with van der Waals surface area (Å²) in [5.74, 6) is 0. The fraction of sp³-hybridized carbons (Fsp3) is 0.308. The fourth-order valence-corrected chi connectivity index (χ4v) is 2.72. The average Bonchev–Trinajstić information content (AvgIpc) is 2.93. The van der Waals surface area contributed by atoms with E-state index in [1.807, 2.05) is 38.2 Å². The van der Waals surface area contributed by atoms with Gasteiger partial charge < -0.3 is 15.2 Å². The molecule has 102 valence electrons. The minimum absolute atomic E-state index is 0.177. The van der Waals surface area contributed by atoms with E-state index in [2.05, 4.69) is 15.2 Å². The minimum atomic E-state index is -0.177. The summed E-state index contributed by atoms with van der Waals surface area (Å²) in [4.78, 5) is 12.7. The van der Waals surface area contributed by atoms with E-state index >= 15 is 0 Å². The standard InChI is InChI=1S/C13H16ClN3OS/c1-9-3-4-10(17(9)2)7-15-13(18)16-8-11-5-6-12(14)19-11/h3-6H,7-8H2,1-2H3,(H2,15,16,18). The van der Waals surface area contributed by atoms with Crippen molar-refractivity contribution in [3.8, 4) is 0 Å². The molecule has 0 spiro atoms. The van der Waals surface area contributed by atoms with Gasteiger partial charge in [0.15, 0.2) is 0 Å². The van der Waals surface area contributed by atoms with Crippen LogP contribution in [0.2, 0.25) is 4.34 Å². The van der Waals surface area contributed by atoms with Crippen molar-refractivity contribution in [1.29, 1.82) is 0 Å². The summed E-state index contributed by atoms with van der Waals surface area (Å²) < 4.78 is 2.79. The zero-order valence-corrected chi connectivity index (χ0v) is 12.4. The number of halogens is 1. The van der Waals surface area contributed by atoms with E-state index in [-0.39, 0.29) is 6.03 Å². The van der Waals surface area contributed by atoms with Crippen molar-refractivity contribution in [2.45, 2.75) is 20.0 Å². The number of hydrogen-bond acceptors (Lipinski definition) is 2. The molecule has 0 aromatic carbocycles. The lowest BCUT2D eigenvalue weighted by Gasteiger charge is -2.08. The van der Waals surface area contributed by atoms with E-state index in [1.54, 1.807) is 0 Å². The third-order valence-corrected chi connectivity index (χ3v) is 4.19. The Balaban J connectivity index is 1.77. The van der Waals surface area contributed by atoms with Crippen molar-refractivity contribution >= 4 is 29.0 Å². The molecule has 19 heavy (non-hydrogen) atoms. The summed E-state index contributed by atoms with van der Waals surface area (Å²) >= 11 is 7.29. The Morgan fingerprint density at radius 1 is 1.26 bits per heavy atom. The Morgan fingerprint density at radius 2 is 2.00 bits per heavy atom. The molecule has 0 unspecified atom stereocenters. The first kappa shape index (κ1) is 14.0. The summed E-state index contributed by atoms with van der Waals surface area (Å²) in [6, 6.07) is 7.60. The second kappa shape index (κ2) is 6.12. The van der Waals surface area contributed by atoms with Crippen LogP contribution in [0.1, 0.15) is 16.3 Å². The smallest absolute Gasteiger partial charge is 0.315 e. The van der Waals surface area contributed by atoms with Crippen LogP contribution in [-0.4, -0.2) is 10.6 Å². The van der Waals surface area contributed by atoms with E-state index in [9.17, 15) is 4.79 Å². The lowest BCUT2D eigenvalue weighted by atomic mass is 10.4. The second-order valence-electron chi connectivity index (χ2n) is 4.27. The SMILES string of the molecule is Cc1ccc(CNC(=O)NCc2ccc(Cl)s2)n1C. The van der Waals surface area contributed by atoms with Crippen molar-refractivity contribution < 1.29 is 4.79 Å². The molecule has 0 fully saturated rings. The Kier molecular flexibility index (Phi) is 4.50. The summed E-state index contributed by atoms with van der Waals surface area (Å²) in [6.45, 7) is 3.04. The third-order valence-electron chi connectivity index (χ3n) is 2.96. The Morgan fingerprint density at radius 3 is 2.58 bits per heavy atom. The zero-order chi connectivity index (χ0) is 13.8. The van der Waals surface area contributed by atoms with Crippen molar-refractivity contribution in [2.24, 2.45) is 7.05 Å². The first-order chi connectivity index (χ1) is 9.06. The van der Waals surface area contributed by atoms with Crippen molar-refractivity contribution in [1.82, 2.24) is 15.2 Å². The van der Waals surface area contributed by atoms with Crippen LogP contribution < -0.4 is 10.6 Å². The van der Waals surface area contributed by atoms with Crippen LogP contribution in [0.15, 0.2) is 24.3 Å². The molecule has 0 saturated carbocycles. The highest BCUT2D eigenvalue weighted by molar-refractivity contribution is 7.16. The van der Waals surface area contributed by atoms with E-state index in [0.717, 1.165) is 14.9 Å². The molecular formula is C13H16ClN3OS. The van der Waals surface area contributed by atoms with Crippen LogP contribution in [0.4, 0.5) is 4.79 Å². The summed E-state index contributed by atoms with van der Waals surface area (Å²) in [5.41, 5.74) is 2.25. The summed E-state index contributed by atoms with van der Waals surface area (Å²) in [6.07, 6.45) is 0. The number of aromatic nitrogens is 1. The highest BCUT2D eigenvalue weighted by atomic mass is 35.5. The molecule has 0 aliphatic carbocycles. The number of thiophene rings is 1. The quantitative estimate of drug-likeness (QED) is 0.895. The highest BCUT2D eigenvalue weighted by Gasteiger charge is 2.05. The molecule has 0 saturated heterocycles. The fourth-order valence-electron chi connectivity index (χ4n) is 1.69. The van der Waals surface area contributed by atoms with Gasteiger partial charge in [0.05, 0.1) is 17.4 Å². The molecule has 2 aromatic heterocycles. The molecule has 2 aromatic rings. The van der Waals surface area contributed by atoms with Crippen LogP contribution in [0.3, 0.4) is 0 Å². The van der Waals surface area contributed by atoms with Gasteiger partial charge in [-0.1, -0.05) is 11.6 Å². The third kappa shape index (κ3) is 3.75. The topological polar surface area (TPSA) is 46.1 Å². The van der Waals surface area contributed by atoms with Crippen LogP contribution >= 0.6 is 22.9 Å². The lowest BCUT2D eigenvalue weighted by molar-refractivity contribution is 0.240. The molecule has 0 atom stereocenters. The maximum atomic E-state index is 11.7. The summed E-state index contributed by atoms with van der Waals surface area (Å²) in [5, 5.41) is 5.63. The predicted octanol–water partition coefficient (Wildman–Crippen LogP) is 3.05. The van der Waals surface area contributed by atoms with Gasteiger partial charge in [0.1, 0.15) is 0 Å². The van der Waals surface area contributed by atoms with Gasteiger partial charge in [-0.15, -0.1) is 11.3 Å². The van der Waals surface area contributed by atoms with E-state index < -0.39 is 0 Å². The van der Waals surface area contributed by atoms with Gasteiger partial charge in [-0.2, -0.15) is 0 Å². The zero-order valence-electron chi connectivity index (χ0n) is 10.9. The number of aryl methyl sites for hydroxylation is 1. The lowest BCUT2D eigenvalue weighted by Crippen LogP contribution is -2.34. The van der Waals surface area contributed by atoms with Crippen LogP contribution in [-0.2, 0) is 20.1 Å². The average molecular weight is 298 g/mol. The molecule has 0 aliphatic heterocycles. The number of nitrogens with one attached hydrogen (secondary N) is 2. The number of urea groups is 1. The molecule has 2 rings (SSSR count). The first-order valence-corrected chi connectivity index (χ1v) is 7.13. The maximum Gasteiger partial charge on any atom is 0.315 e. The van der Waals surface area contributed by atoms with Gasteiger partial charge >= 0.3 is 6.03 Å². The van der Waals surface area contributed by atoms with Crippen molar-refractivity contribution in [3.05, 3.63) is 44.9 Å². The number of hydrogen-bond donors (Lipinski definition) is 2. The van der Waals surface area contributed by atoms with Crippen LogP contribution in [0, 0.1) is 6.92 Å². The van der Waals surface area contributed by atoms with Crippen LogP contribution in [0.5, 0.6) is 0 Å². The van der Waals surface area contributed by atoms with Gasteiger partial charge in [0.25, 0.3) is 0 Å². The van der Waals surface area contributed by atoms with Gasteiger partial charge in [-0.25, -0.2) is 4.79 Å². The molecule has 0 bridgehead atoms. The van der Waals surface area contributed by atoms with Crippen molar-refractivity contribution in [3.63, 3.8) is 0 Å². The van der Waals surface area contributed by atoms with Gasteiger partial charge in [-0.05, 0) is 31.2 Å². The molecular weight excluding hydrogens is 282 g/mol. The van der Waals surface area contributed by atoms with E-state index in [0.29, 0.717) is 13.1 Å².